The zero-order valence-electron chi connectivity index (χ0n) is 10.5. The zero-order chi connectivity index (χ0) is 14.9. The molecule has 0 unspecified atom stereocenters. The molecule has 2 aromatic carbocycles. The third-order valence-corrected chi connectivity index (χ3v) is 4.45. The quantitative estimate of drug-likeness (QED) is 0.855. The van der Waals surface area contributed by atoms with Gasteiger partial charge in [0.25, 0.3) is 10.0 Å². The van der Waals surface area contributed by atoms with Gasteiger partial charge in [0.15, 0.2) is 0 Å². The van der Waals surface area contributed by atoms with Crippen LogP contribution in [0.1, 0.15) is 5.56 Å². The molecule has 0 fully saturated rings. The molecule has 3 N–H and O–H groups in total. The van der Waals surface area contributed by atoms with Crippen LogP contribution in [0.25, 0.3) is 0 Å². The number of hydrogen-bond acceptors (Lipinski definition) is 3. The molecule has 0 amide bonds. The van der Waals surface area contributed by atoms with Gasteiger partial charge in [-0.25, -0.2) is 12.8 Å². The minimum atomic E-state index is -3.86. The summed E-state index contributed by atoms with van der Waals surface area (Å²) < 4.78 is 39.9. The summed E-state index contributed by atoms with van der Waals surface area (Å²) in [6.45, 7) is 1.62. The van der Waals surface area contributed by atoms with Gasteiger partial charge in [-0.05, 0) is 42.8 Å². The molecule has 2 aromatic rings. The van der Waals surface area contributed by atoms with Crippen LogP contribution in [0.3, 0.4) is 0 Å². The lowest BCUT2D eigenvalue weighted by Gasteiger charge is -2.12. The summed E-state index contributed by atoms with van der Waals surface area (Å²) in [4.78, 5) is 0.0607. The third kappa shape index (κ3) is 3.02. The van der Waals surface area contributed by atoms with Crippen LogP contribution in [0.4, 0.5) is 15.8 Å². The van der Waals surface area contributed by atoms with Crippen molar-refractivity contribution in [3.8, 4) is 0 Å². The van der Waals surface area contributed by atoms with Gasteiger partial charge in [0.2, 0.25) is 0 Å². The van der Waals surface area contributed by atoms with Gasteiger partial charge in [0, 0.05) is 11.1 Å². The Bertz CT molecular complexity index is 763. The van der Waals surface area contributed by atoms with Crippen LogP contribution in [-0.4, -0.2) is 8.42 Å². The van der Waals surface area contributed by atoms with Gasteiger partial charge in [-0.3, -0.25) is 4.72 Å². The number of sulfonamides is 1. The highest BCUT2D eigenvalue weighted by molar-refractivity contribution is 7.92. The Morgan fingerprint density at radius 2 is 1.90 bits per heavy atom. The highest BCUT2D eigenvalue weighted by Gasteiger charge is 2.18. The molecule has 0 saturated heterocycles. The molecule has 0 aromatic heterocycles. The predicted molar refractivity (Wildman–Crippen MR) is 77.8 cm³/mol. The SMILES string of the molecule is Cc1cc(Cl)ccc1S(=O)(=O)Nc1cc(F)ccc1N. The number of nitrogens with two attached hydrogens (primary N) is 1. The van der Waals surface area contributed by atoms with E-state index in [0.29, 0.717) is 10.6 Å². The molecule has 0 heterocycles. The Hall–Kier alpha value is -1.79. The Labute approximate surface area is 121 Å². The highest BCUT2D eigenvalue weighted by Crippen LogP contribution is 2.25. The summed E-state index contributed by atoms with van der Waals surface area (Å²) in [6, 6.07) is 7.86. The van der Waals surface area contributed by atoms with Gasteiger partial charge in [-0.1, -0.05) is 11.6 Å². The molecule has 0 aliphatic carbocycles. The van der Waals surface area contributed by atoms with Gasteiger partial charge in [-0.15, -0.1) is 0 Å². The van der Waals surface area contributed by atoms with E-state index in [1.54, 1.807) is 6.92 Å². The van der Waals surface area contributed by atoms with Crippen LogP contribution in [0, 0.1) is 12.7 Å². The van der Waals surface area contributed by atoms with E-state index >= 15 is 0 Å². The van der Waals surface area contributed by atoms with E-state index in [2.05, 4.69) is 4.72 Å². The molecule has 20 heavy (non-hydrogen) atoms. The second-order valence-corrected chi connectivity index (χ2v) is 6.33. The fraction of sp³-hybridized carbons (Fsp3) is 0.0769. The second kappa shape index (κ2) is 5.30. The first-order valence-corrected chi connectivity index (χ1v) is 7.50. The number of anilines is 2. The van der Waals surface area contributed by atoms with E-state index in [1.165, 1.54) is 24.3 Å². The highest BCUT2D eigenvalue weighted by atomic mass is 35.5. The molecule has 7 heteroatoms. The first-order chi connectivity index (χ1) is 9.29. The molecule has 0 aliphatic rings. The average molecular weight is 315 g/mol. The number of aryl methyl sites for hydroxylation is 1. The molecule has 0 bridgehead atoms. The van der Waals surface area contributed by atoms with Gasteiger partial charge < -0.3 is 5.73 Å². The van der Waals surface area contributed by atoms with Crippen molar-refractivity contribution in [3.63, 3.8) is 0 Å². The molecule has 4 nitrogen and oxygen atoms in total. The van der Waals surface area contributed by atoms with Crippen LogP contribution < -0.4 is 10.5 Å². The van der Waals surface area contributed by atoms with Crippen molar-refractivity contribution >= 4 is 33.0 Å². The average Bonchev–Trinajstić information content (AvgIpc) is 2.33. The fourth-order valence-electron chi connectivity index (χ4n) is 1.73. The minimum Gasteiger partial charge on any atom is -0.397 e. The number of halogens is 2. The molecule has 2 rings (SSSR count). The Kier molecular flexibility index (Phi) is 3.87. The van der Waals surface area contributed by atoms with Crippen molar-refractivity contribution < 1.29 is 12.8 Å². The summed E-state index contributed by atoms with van der Waals surface area (Å²) in [5.74, 6) is -0.579. The Morgan fingerprint density at radius 1 is 1.20 bits per heavy atom. The summed E-state index contributed by atoms with van der Waals surface area (Å²) in [6.07, 6.45) is 0. The summed E-state index contributed by atoms with van der Waals surface area (Å²) in [5, 5.41) is 0.437. The van der Waals surface area contributed by atoms with E-state index in [9.17, 15) is 12.8 Å². The van der Waals surface area contributed by atoms with Crippen LogP contribution in [0.2, 0.25) is 5.02 Å². The van der Waals surface area contributed by atoms with Gasteiger partial charge >= 0.3 is 0 Å². The molecular formula is C13H12ClFN2O2S. The third-order valence-electron chi connectivity index (χ3n) is 2.69. The normalized spacial score (nSPS) is 11.3. The lowest BCUT2D eigenvalue weighted by Crippen LogP contribution is -2.15. The molecule has 0 atom stereocenters. The summed E-state index contributed by atoms with van der Waals surface area (Å²) in [5.41, 5.74) is 6.25. The van der Waals surface area contributed by atoms with Crippen molar-refractivity contribution in [2.75, 3.05) is 10.5 Å². The standard InChI is InChI=1S/C13H12ClFN2O2S/c1-8-6-9(14)2-5-13(8)20(18,19)17-12-7-10(15)3-4-11(12)16/h2-7,17H,16H2,1H3. The number of nitrogens with one attached hydrogen (secondary N) is 1. The van der Waals surface area contributed by atoms with Gasteiger partial charge in [-0.2, -0.15) is 0 Å². The molecule has 0 radical (unpaired) electrons. The van der Waals surface area contributed by atoms with E-state index < -0.39 is 15.8 Å². The predicted octanol–water partition coefficient (Wildman–Crippen LogP) is 3.17. The first kappa shape index (κ1) is 14.6. The second-order valence-electron chi connectivity index (χ2n) is 4.25. The van der Waals surface area contributed by atoms with Crippen LogP contribution >= 0.6 is 11.6 Å². The van der Waals surface area contributed by atoms with E-state index in [1.807, 2.05) is 0 Å². The molecule has 0 saturated carbocycles. The van der Waals surface area contributed by atoms with Crippen molar-refractivity contribution in [2.45, 2.75) is 11.8 Å². The summed E-state index contributed by atoms with van der Waals surface area (Å²) >= 11 is 5.79. The maximum Gasteiger partial charge on any atom is 0.262 e. The van der Waals surface area contributed by atoms with Gasteiger partial charge in [0.1, 0.15) is 5.82 Å². The van der Waals surface area contributed by atoms with E-state index in [4.69, 9.17) is 17.3 Å². The fourth-order valence-corrected chi connectivity index (χ4v) is 3.26. The minimum absolute atomic E-state index is 0.000602. The van der Waals surface area contributed by atoms with Crippen molar-refractivity contribution in [1.82, 2.24) is 0 Å². The van der Waals surface area contributed by atoms with Crippen LogP contribution in [0.5, 0.6) is 0 Å². The van der Waals surface area contributed by atoms with E-state index in [-0.39, 0.29) is 16.3 Å². The molecular weight excluding hydrogens is 303 g/mol. The topological polar surface area (TPSA) is 72.2 Å². The maximum absolute atomic E-state index is 13.1. The summed E-state index contributed by atoms with van der Waals surface area (Å²) in [7, 11) is -3.86. The lowest BCUT2D eigenvalue weighted by atomic mass is 10.2. The van der Waals surface area contributed by atoms with Gasteiger partial charge in [0.05, 0.1) is 16.3 Å². The number of hydrogen-bond donors (Lipinski definition) is 2. The molecule has 106 valence electrons. The Morgan fingerprint density at radius 3 is 2.55 bits per heavy atom. The lowest BCUT2D eigenvalue weighted by molar-refractivity contribution is 0.600. The van der Waals surface area contributed by atoms with Crippen molar-refractivity contribution in [1.29, 1.82) is 0 Å². The monoisotopic (exact) mass is 314 g/mol. The number of nitrogen functional groups attached to an aromatic ring is 1. The van der Waals surface area contributed by atoms with Crippen molar-refractivity contribution in [2.24, 2.45) is 0 Å². The smallest absolute Gasteiger partial charge is 0.262 e. The van der Waals surface area contributed by atoms with Crippen LogP contribution in [-0.2, 0) is 10.0 Å². The maximum atomic E-state index is 13.1. The molecule has 0 aliphatic heterocycles. The molecule has 0 spiro atoms. The van der Waals surface area contributed by atoms with E-state index in [0.717, 1.165) is 12.1 Å². The number of rotatable bonds is 3. The van der Waals surface area contributed by atoms with Crippen molar-refractivity contribution in [3.05, 3.63) is 52.8 Å². The van der Waals surface area contributed by atoms with Crippen LogP contribution in [0.15, 0.2) is 41.3 Å². The zero-order valence-corrected chi connectivity index (χ0v) is 12.1. The Balaban J connectivity index is 2.43. The largest absolute Gasteiger partial charge is 0.397 e. The number of benzene rings is 2. The first-order valence-electron chi connectivity index (χ1n) is 5.63.